The van der Waals surface area contributed by atoms with Gasteiger partial charge in [0.05, 0.1) is 5.84 Å². The lowest BCUT2D eigenvalue weighted by Gasteiger charge is -2.33. The molecule has 3 N–H and O–H groups in total. The summed E-state index contributed by atoms with van der Waals surface area (Å²) in [6.45, 7) is 5.27. The first kappa shape index (κ1) is 14.1. The Morgan fingerprint density at radius 1 is 1.32 bits per heavy atom. The number of nitrogens with two attached hydrogens (primary N) is 1. The van der Waals surface area contributed by atoms with Gasteiger partial charge in [0.25, 0.3) is 0 Å². The van der Waals surface area contributed by atoms with Crippen molar-refractivity contribution < 1.29 is 0 Å². The van der Waals surface area contributed by atoms with Crippen LogP contribution >= 0.6 is 0 Å². The third-order valence-electron chi connectivity index (χ3n) is 4.14. The minimum absolute atomic E-state index is 0.186. The van der Waals surface area contributed by atoms with Crippen molar-refractivity contribution in [2.24, 2.45) is 17.6 Å². The summed E-state index contributed by atoms with van der Waals surface area (Å²) in [5.41, 5.74) is 7.00. The van der Waals surface area contributed by atoms with Crippen LogP contribution in [-0.2, 0) is 6.42 Å². The molecule has 3 nitrogen and oxygen atoms in total. The third-order valence-corrected chi connectivity index (χ3v) is 4.14. The molecule has 0 aliphatic carbocycles. The molecule has 104 valence electrons. The van der Waals surface area contributed by atoms with Crippen molar-refractivity contribution in [1.82, 2.24) is 4.90 Å². The fourth-order valence-electron chi connectivity index (χ4n) is 2.81. The van der Waals surface area contributed by atoms with Gasteiger partial charge in [-0.25, -0.2) is 0 Å². The minimum atomic E-state index is 0.186. The van der Waals surface area contributed by atoms with Crippen LogP contribution in [0.4, 0.5) is 0 Å². The number of nitrogens with zero attached hydrogens (tertiary/aromatic N) is 1. The Balaban J connectivity index is 1.75. The summed E-state index contributed by atoms with van der Waals surface area (Å²) in [6, 6.07) is 10.8. The molecule has 1 heterocycles. The van der Waals surface area contributed by atoms with Crippen LogP contribution in [0.5, 0.6) is 0 Å². The van der Waals surface area contributed by atoms with Gasteiger partial charge in [0.1, 0.15) is 0 Å². The maximum Gasteiger partial charge on any atom is 0.0947 e. The van der Waals surface area contributed by atoms with E-state index in [4.69, 9.17) is 11.1 Å². The summed E-state index contributed by atoms with van der Waals surface area (Å²) in [7, 11) is 0. The van der Waals surface area contributed by atoms with Gasteiger partial charge < -0.3 is 10.6 Å². The second-order valence-electron chi connectivity index (χ2n) is 5.79. The van der Waals surface area contributed by atoms with E-state index >= 15 is 0 Å². The molecular weight excluding hydrogens is 234 g/mol. The van der Waals surface area contributed by atoms with Crippen LogP contribution in [0.3, 0.4) is 0 Å². The molecule has 0 bridgehead atoms. The lowest BCUT2D eigenvalue weighted by Crippen LogP contribution is -2.39. The summed E-state index contributed by atoms with van der Waals surface area (Å²) in [5, 5.41) is 7.46. The van der Waals surface area contributed by atoms with Gasteiger partial charge >= 0.3 is 0 Å². The molecule has 0 amide bonds. The van der Waals surface area contributed by atoms with Gasteiger partial charge in [-0.2, -0.15) is 0 Å². The number of piperidine rings is 1. The third kappa shape index (κ3) is 4.35. The molecule has 3 heteroatoms. The second-order valence-corrected chi connectivity index (χ2v) is 5.79. The number of rotatable bonds is 5. The topological polar surface area (TPSA) is 53.1 Å². The SMILES string of the molecule is CC(CN1CCC(Cc2ccccc2)CC1)C(=N)N. The zero-order valence-corrected chi connectivity index (χ0v) is 11.8. The van der Waals surface area contributed by atoms with Crippen LogP contribution in [0.15, 0.2) is 30.3 Å². The van der Waals surface area contributed by atoms with Gasteiger partial charge in [-0.3, -0.25) is 5.41 Å². The van der Waals surface area contributed by atoms with E-state index in [1.54, 1.807) is 0 Å². The second kappa shape index (κ2) is 6.71. The van der Waals surface area contributed by atoms with Crippen molar-refractivity contribution in [1.29, 1.82) is 5.41 Å². The quantitative estimate of drug-likeness (QED) is 0.630. The van der Waals surface area contributed by atoms with Crippen molar-refractivity contribution in [2.75, 3.05) is 19.6 Å². The Morgan fingerprint density at radius 3 is 2.53 bits per heavy atom. The molecule has 2 rings (SSSR count). The first-order valence-corrected chi connectivity index (χ1v) is 7.25. The zero-order chi connectivity index (χ0) is 13.7. The Kier molecular flexibility index (Phi) is 4.97. The molecule has 1 aliphatic heterocycles. The highest BCUT2D eigenvalue weighted by molar-refractivity contribution is 5.79. The summed E-state index contributed by atoms with van der Waals surface area (Å²) in [4.78, 5) is 2.45. The van der Waals surface area contributed by atoms with Crippen molar-refractivity contribution in [3.05, 3.63) is 35.9 Å². The highest BCUT2D eigenvalue weighted by atomic mass is 15.1. The molecule has 1 atom stereocenters. The molecule has 1 saturated heterocycles. The first-order valence-electron chi connectivity index (χ1n) is 7.25. The van der Waals surface area contributed by atoms with Crippen LogP contribution in [0.2, 0.25) is 0 Å². The molecule has 0 saturated carbocycles. The monoisotopic (exact) mass is 259 g/mol. The van der Waals surface area contributed by atoms with Crippen molar-refractivity contribution in [2.45, 2.75) is 26.2 Å². The van der Waals surface area contributed by atoms with Crippen molar-refractivity contribution in [3.8, 4) is 0 Å². The average Bonchev–Trinajstić information content (AvgIpc) is 2.42. The standard InChI is InChI=1S/C16H25N3/c1-13(16(17)18)12-19-9-7-15(8-10-19)11-14-5-3-2-4-6-14/h2-6,13,15H,7-12H2,1H3,(H3,17,18). The smallest absolute Gasteiger partial charge is 0.0947 e. The fourth-order valence-corrected chi connectivity index (χ4v) is 2.81. The normalized spacial score (nSPS) is 19.2. The van der Waals surface area contributed by atoms with Gasteiger partial charge in [0.15, 0.2) is 0 Å². The van der Waals surface area contributed by atoms with Crippen LogP contribution in [0.25, 0.3) is 0 Å². The highest BCUT2D eigenvalue weighted by Crippen LogP contribution is 2.22. The molecule has 1 aromatic rings. The fraction of sp³-hybridized carbons (Fsp3) is 0.562. The molecule has 1 aromatic carbocycles. The zero-order valence-electron chi connectivity index (χ0n) is 11.8. The molecule has 0 radical (unpaired) electrons. The van der Waals surface area contributed by atoms with Crippen LogP contribution in [-0.4, -0.2) is 30.4 Å². The molecular formula is C16H25N3. The van der Waals surface area contributed by atoms with Crippen molar-refractivity contribution in [3.63, 3.8) is 0 Å². The minimum Gasteiger partial charge on any atom is -0.387 e. The van der Waals surface area contributed by atoms with E-state index in [1.165, 1.54) is 24.8 Å². The van der Waals surface area contributed by atoms with Gasteiger partial charge in [-0.15, -0.1) is 0 Å². The van der Waals surface area contributed by atoms with E-state index in [2.05, 4.69) is 35.2 Å². The molecule has 1 unspecified atom stereocenters. The average molecular weight is 259 g/mol. The molecule has 0 spiro atoms. The van der Waals surface area contributed by atoms with E-state index in [9.17, 15) is 0 Å². The Bertz CT molecular complexity index is 394. The van der Waals surface area contributed by atoms with Crippen LogP contribution < -0.4 is 5.73 Å². The maximum absolute atomic E-state index is 7.46. The van der Waals surface area contributed by atoms with Gasteiger partial charge in [0.2, 0.25) is 0 Å². The summed E-state index contributed by atoms with van der Waals surface area (Å²) in [5.74, 6) is 1.31. The predicted molar refractivity (Wildman–Crippen MR) is 80.4 cm³/mol. The number of hydrogen-bond donors (Lipinski definition) is 2. The van der Waals surface area contributed by atoms with Gasteiger partial charge in [0, 0.05) is 12.5 Å². The molecule has 1 aliphatic rings. The van der Waals surface area contributed by atoms with Gasteiger partial charge in [-0.1, -0.05) is 37.3 Å². The van der Waals surface area contributed by atoms with E-state index in [1.807, 2.05) is 6.92 Å². The number of nitrogens with one attached hydrogen (secondary N) is 1. The molecule has 19 heavy (non-hydrogen) atoms. The number of hydrogen-bond acceptors (Lipinski definition) is 2. The first-order chi connectivity index (χ1) is 9.15. The van der Waals surface area contributed by atoms with E-state index < -0.39 is 0 Å². The Morgan fingerprint density at radius 2 is 1.95 bits per heavy atom. The summed E-state index contributed by atoms with van der Waals surface area (Å²) < 4.78 is 0. The van der Waals surface area contributed by atoms with E-state index in [0.717, 1.165) is 25.6 Å². The van der Waals surface area contributed by atoms with Crippen LogP contribution in [0, 0.1) is 17.2 Å². The van der Waals surface area contributed by atoms with Crippen molar-refractivity contribution >= 4 is 5.84 Å². The largest absolute Gasteiger partial charge is 0.387 e. The molecule has 1 fully saturated rings. The Hall–Kier alpha value is -1.35. The Labute approximate surface area is 116 Å². The molecule has 0 aromatic heterocycles. The lowest BCUT2D eigenvalue weighted by atomic mass is 9.90. The highest BCUT2D eigenvalue weighted by Gasteiger charge is 2.21. The number of amidine groups is 1. The summed E-state index contributed by atoms with van der Waals surface area (Å²) in [6.07, 6.45) is 3.73. The van der Waals surface area contributed by atoms with Gasteiger partial charge in [-0.05, 0) is 43.8 Å². The predicted octanol–water partition coefficient (Wildman–Crippen LogP) is 2.51. The van der Waals surface area contributed by atoms with E-state index in [-0.39, 0.29) is 5.92 Å². The number of benzene rings is 1. The van der Waals surface area contributed by atoms with Crippen LogP contribution in [0.1, 0.15) is 25.3 Å². The summed E-state index contributed by atoms with van der Waals surface area (Å²) >= 11 is 0. The van der Waals surface area contributed by atoms with E-state index in [0.29, 0.717) is 5.84 Å². The lowest BCUT2D eigenvalue weighted by molar-refractivity contribution is 0.175. The number of likely N-dealkylation sites (tertiary alicyclic amines) is 1. The maximum atomic E-state index is 7.46.